The summed E-state index contributed by atoms with van der Waals surface area (Å²) in [6, 6.07) is 16.8. The minimum Gasteiger partial charge on any atom is -0.494 e. The molecule has 0 aliphatic carbocycles. The number of benzene rings is 2. The minimum atomic E-state index is 0.355. The molecule has 2 rings (SSSR count). The van der Waals surface area contributed by atoms with Gasteiger partial charge in [-0.1, -0.05) is 36.4 Å². The van der Waals surface area contributed by atoms with Crippen LogP contribution in [0, 0.1) is 6.92 Å². The van der Waals surface area contributed by atoms with Crippen LogP contribution in [0.2, 0.25) is 0 Å². The summed E-state index contributed by atoms with van der Waals surface area (Å²) in [5.74, 6) is 1.29. The standard InChI is InChI=1S/C18H23NO/c1-3-20-17-9-6-8-15(12-17)11-16(13-19)18-10-5-4-7-14(18)2/h4-10,12,16H,3,11,13,19H2,1-2H3. The number of ether oxygens (including phenoxy) is 1. The molecular weight excluding hydrogens is 246 g/mol. The number of nitrogens with two attached hydrogens (primary N) is 1. The van der Waals surface area contributed by atoms with E-state index in [4.69, 9.17) is 10.5 Å². The molecule has 0 amide bonds. The van der Waals surface area contributed by atoms with Gasteiger partial charge >= 0.3 is 0 Å². The Balaban J connectivity index is 2.18. The summed E-state index contributed by atoms with van der Waals surface area (Å²) in [6.45, 7) is 5.50. The average Bonchev–Trinajstić information content (AvgIpc) is 2.46. The van der Waals surface area contributed by atoms with Crippen molar-refractivity contribution in [3.05, 3.63) is 65.2 Å². The first-order valence-electron chi connectivity index (χ1n) is 7.22. The molecule has 0 fully saturated rings. The molecule has 0 heterocycles. The fourth-order valence-corrected chi connectivity index (χ4v) is 2.58. The molecule has 0 aliphatic heterocycles. The van der Waals surface area contributed by atoms with Crippen molar-refractivity contribution >= 4 is 0 Å². The molecule has 0 saturated carbocycles. The summed E-state index contributed by atoms with van der Waals surface area (Å²) < 4.78 is 5.56. The Kier molecular flexibility index (Phi) is 5.19. The lowest BCUT2D eigenvalue weighted by atomic mass is 9.89. The summed E-state index contributed by atoms with van der Waals surface area (Å²) in [4.78, 5) is 0. The zero-order valence-electron chi connectivity index (χ0n) is 12.3. The number of hydrogen-bond acceptors (Lipinski definition) is 2. The van der Waals surface area contributed by atoms with E-state index in [2.05, 4.69) is 43.3 Å². The zero-order valence-corrected chi connectivity index (χ0v) is 12.3. The van der Waals surface area contributed by atoms with Crippen molar-refractivity contribution in [2.75, 3.05) is 13.2 Å². The highest BCUT2D eigenvalue weighted by Gasteiger charge is 2.13. The summed E-state index contributed by atoms with van der Waals surface area (Å²) in [7, 11) is 0. The topological polar surface area (TPSA) is 35.2 Å². The largest absolute Gasteiger partial charge is 0.494 e. The molecule has 2 aromatic rings. The lowest BCUT2D eigenvalue weighted by Crippen LogP contribution is -2.16. The molecule has 2 nitrogen and oxygen atoms in total. The van der Waals surface area contributed by atoms with E-state index in [1.54, 1.807) is 0 Å². The number of hydrogen-bond donors (Lipinski definition) is 1. The van der Waals surface area contributed by atoms with Crippen molar-refractivity contribution in [1.82, 2.24) is 0 Å². The van der Waals surface area contributed by atoms with Crippen LogP contribution < -0.4 is 10.5 Å². The normalized spacial score (nSPS) is 12.2. The van der Waals surface area contributed by atoms with Crippen LogP contribution in [-0.4, -0.2) is 13.2 Å². The first kappa shape index (κ1) is 14.6. The van der Waals surface area contributed by atoms with Gasteiger partial charge in [0, 0.05) is 5.92 Å². The van der Waals surface area contributed by atoms with Crippen molar-refractivity contribution < 1.29 is 4.74 Å². The second kappa shape index (κ2) is 7.11. The van der Waals surface area contributed by atoms with E-state index >= 15 is 0 Å². The van der Waals surface area contributed by atoms with Gasteiger partial charge < -0.3 is 10.5 Å². The molecule has 106 valence electrons. The van der Waals surface area contributed by atoms with Crippen LogP contribution in [-0.2, 0) is 6.42 Å². The first-order chi connectivity index (χ1) is 9.74. The Labute approximate surface area is 121 Å². The van der Waals surface area contributed by atoms with Crippen LogP contribution in [0.4, 0.5) is 0 Å². The molecule has 2 heteroatoms. The summed E-state index contributed by atoms with van der Waals surface area (Å²) in [5.41, 5.74) is 9.91. The molecule has 0 aromatic heterocycles. The molecule has 0 spiro atoms. The van der Waals surface area contributed by atoms with Crippen LogP contribution in [0.15, 0.2) is 48.5 Å². The van der Waals surface area contributed by atoms with Gasteiger partial charge in [0.05, 0.1) is 6.61 Å². The Morgan fingerprint density at radius 3 is 2.60 bits per heavy atom. The fraction of sp³-hybridized carbons (Fsp3) is 0.333. The van der Waals surface area contributed by atoms with E-state index in [9.17, 15) is 0 Å². The molecule has 0 radical (unpaired) electrons. The fourth-order valence-electron chi connectivity index (χ4n) is 2.58. The third kappa shape index (κ3) is 3.61. The van der Waals surface area contributed by atoms with Gasteiger partial charge in [-0.15, -0.1) is 0 Å². The maximum absolute atomic E-state index is 5.99. The van der Waals surface area contributed by atoms with Gasteiger partial charge in [-0.3, -0.25) is 0 Å². The second-order valence-electron chi connectivity index (χ2n) is 5.07. The highest BCUT2D eigenvalue weighted by Crippen LogP contribution is 2.24. The van der Waals surface area contributed by atoms with E-state index in [-0.39, 0.29) is 0 Å². The predicted molar refractivity (Wildman–Crippen MR) is 84.3 cm³/mol. The van der Waals surface area contributed by atoms with Crippen molar-refractivity contribution in [3.63, 3.8) is 0 Å². The SMILES string of the molecule is CCOc1cccc(CC(CN)c2ccccc2C)c1. The van der Waals surface area contributed by atoms with Gasteiger partial charge in [-0.05, 0) is 55.6 Å². The average molecular weight is 269 g/mol. The molecule has 0 bridgehead atoms. The maximum Gasteiger partial charge on any atom is 0.119 e. The molecule has 0 saturated heterocycles. The van der Waals surface area contributed by atoms with Gasteiger partial charge in [0.25, 0.3) is 0 Å². The van der Waals surface area contributed by atoms with Gasteiger partial charge in [0.1, 0.15) is 5.75 Å². The number of rotatable bonds is 6. The number of aryl methyl sites for hydroxylation is 1. The van der Waals surface area contributed by atoms with E-state index in [1.165, 1.54) is 16.7 Å². The first-order valence-corrected chi connectivity index (χ1v) is 7.22. The van der Waals surface area contributed by atoms with Crippen molar-refractivity contribution in [1.29, 1.82) is 0 Å². The molecule has 2 N–H and O–H groups in total. The Morgan fingerprint density at radius 1 is 1.10 bits per heavy atom. The Morgan fingerprint density at radius 2 is 1.90 bits per heavy atom. The van der Waals surface area contributed by atoms with Crippen LogP contribution in [0.1, 0.15) is 29.5 Å². The van der Waals surface area contributed by atoms with Gasteiger partial charge in [-0.2, -0.15) is 0 Å². The third-order valence-electron chi connectivity index (χ3n) is 3.60. The predicted octanol–water partition coefficient (Wildman–Crippen LogP) is 3.68. The Hall–Kier alpha value is -1.80. The van der Waals surface area contributed by atoms with E-state index in [0.29, 0.717) is 19.1 Å². The van der Waals surface area contributed by atoms with Crippen molar-refractivity contribution in [3.8, 4) is 5.75 Å². The van der Waals surface area contributed by atoms with Crippen molar-refractivity contribution in [2.24, 2.45) is 5.73 Å². The Bertz CT molecular complexity index is 551. The van der Waals surface area contributed by atoms with Gasteiger partial charge in [0.2, 0.25) is 0 Å². The smallest absolute Gasteiger partial charge is 0.119 e. The van der Waals surface area contributed by atoms with Crippen LogP contribution in [0.3, 0.4) is 0 Å². The van der Waals surface area contributed by atoms with Crippen LogP contribution >= 0.6 is 0 Å². The van der Waals surface area contributed by atoms with Gasteiger partial charge in [0.15, 0.2) is 0 Å². The zero-order chi connectivity index (χ0) is 14.4. The molecule has 1 unspecified atom stereocenters. The van der Waals surface area contributed by atoms with Crippen molar-refractivity contribution in [2.45, 2.75) is 26.2 Å². The van der Waals surface area contributed by atoms with E-state index in [1.807, 2.05) is 19.1 Å². The molecule has 2 aromatic carbocycles. The lowest BCUT2D eigenvalue weighted by Gasteiger charge is -2.18. The van der Waals surface area contributed by atoms with Gasteiger partial charge in [-0.25, -0.2) is 0 Å². The van der Waals surface area contributed by atoms with Crippen LogP contribution in [0.25, 0.3) is 0 Å². The van der Waals surface area contributed by atoms with E-state index in [0.717, 1.165) is 12.2 Å². The van der Waals surface area contributed by atoms with E-state index < -0.39 is 0 Å². The monoisotopic (exact) mass is 269 g/mol. The molecule has 0 aliphatic rings. The van der Waals surface area contributed by atoms with Crippen LogP contribution in [0.5, 0.6) is 5.75 Å². The molecule has 20 heavy (non-hydrogen) atoms. The summed E-state index contributed by atoms with van der Waals surface area (Å²) in [5, 5.41) is 0. The maximum atomic E-state index is 5.99. The lowest BCUT2D eigenvalue weighted by molar-refractivity contribution is 0.340. The second-order valence-corrected chi connectivity index (χ2v) is 5.07. The molecule has 1 atom stereocenters. The summed E-state index contributed by atoms with van der Waals surface area (Å²) >= 11 is 0. The highest BCUT2D eigenvalue weighted by atomic mass is 16.5. The highest BCUT2D eigenvalue weighted by molar-refractivity contribution is 5.34. The third-order valence-corrected chi connectivity index (χ3v) is 3.60. The summed E-state index contributed by atoms with van der Waals surface area (Å²) in [6.07, 6.45) is 0.947. The molecular formula is C18H23NO. The minimum absolute atomic E-state index is 0.355. The quantitative estimate of drug-likeness (QED) is 0.868.